The second-order valence-electron chi connectivity index (χ2n) is 3.43. The van der Waals surface area contributed by atoms with Crippen LogP contribution in [0.3, 0.4) is 0 Å². The topological polar surface area (TPSA) is 130 Å². The van der Waals surface area contributed by atoms with E-state index in [0.717, 1.165) is 12.1 Å². The highest BCUT2D eigenvalue weighted by Gasteiger charge is 2.22. The fourth-order valence-electron chi connectivity index (χ4n) is 1.24. The standard InChI is InChI=1S/C9H12N2O5.ClH/c1-4(12)8(10)5-2-6(11(15)16)9(14)7(13)3-5;/h2-4,8,12-14H,10H2,1H3;1H/t4-,8-;/m0./s1. The van der Waals surface area contributed by atoms with Crippen LogP contribution in [-0.4, -0.2) is 26.3 Å². The quantitative estimate of drug-likeness (QED) is 0.363. The number of halogens is 1. The van der Waals surface area contributed by atoms with E-state index in [1.807, 2.05) is 0 Å². The molecule has 0 radical (unpaired) electrons. The summed E-state index contributed by atoms with van der Waals surface area (Å²) in [6.45, 7) is 1.42. The number of benzene rings is 1. The lowest BCUT2D eigenvalue weighted by molar-refractivity contribution is -0.386. The maximum absolute atomic E-state index is 10.5. The van der Waals surface area contributed by atoms with Gasteiger partial charge in [0.05, 0.1) is 17.1 Å². The van der Waals surface area contributed by atoms with Crippen molar-refractivity contribution in [1.29, 1.82) is 0 Å². The van der Waals surface area contributed by atoms with E-state index in [0.29, 0.717) is 0 Å². The second kappa shape index (κ2) is 5.67. The molecule has 96 valence electrons. The Morgan fingerprint density at radius 3 is 2.35 bits per heavy atom. The van der Waals surface area contributed by atoms with Crippen molar-refractivity contribution in [2.45, 2.75) is 19.1 Å². The average Bonchev–Trinajstić information content (AvgIpc) is 2.20. The monoisotopic (exact) mass is 264 g/mol. The minimum atomic E-state index is -0.927. The van der Waals surface area contributed by atoms with Crippen LogP contribution in [0.1, 0.15) is 18.5 Å². The molecule has 0 unspecified atom stereocenters. The summed E-state index contributed by atoms with van der Waals surface area (Å²) in [5, 5.41) is 38.3. The molecule has 0 bridgehead atoms. The molecule has 0 saturated carbocycles. The van der Waals surface area contributed by atoms with E-state index in [2.05, 4.69) is 0 Å². The number of aliphatic hydroxyl groups is 1. The van der Waals surface area contributed by atoms with Crippen LogP contribution >= 0.6 is 12.4 Å². The molecule has 0 heterocycles. The van der Waals surface area contributed by atoms with Crippen molar-refractivity contribution in [3.63, 3.8) is 0 Å². The van der Waals surface area contributed by atoms with Gasteiger partial charge < -0.3 is 21.1 Å². The van der Waals surface area contributed by atoms with E-state index in [1.165, 1.54) is 6.92 Å². The summed E-state index contributed by atoms with van der Waals surface area (Å²) in [6, 6.07) is 1.23. The molecule has 17 heavy (non-hydrogen) atoms. The summed E-state index contributed by atoms with van der Waals surface area (Å²) in [5.41, 5.74) is 5.09. The number of nitro benzene ring substituents is 1. The van der Waals surface area contributed by atoms with E-state index in [4.69, 9.17) is 5.73 Å². The van der Waals surface area contributed by atoms with E-state index < -0.39 is 34.3 Å². The fourth-order valence-corrected chi connectivity index (χ4v) is 1.24. The second-order valence-corrected chi connectivity index (χ2v) is 3.43. The Hall–Kier alpha value is -1.57. The molecule has 8 heteroatoms. The van der Waals surface area contributed by atoms with E-state index >= 15 is 0 Å². The van der Waals surface area contributed by atoms with Gasteiger partial charge in [-0.2, -0.15) is 0 Å². The molecular weight excluding hydrogens is 252 g/mol. The number of aliphatic hydroxyl groups excluding tert-OH is 1. The van der Waals surface area contributed by atoms with Crippen LogP contribution in [0.5, 0.6) is 11.5 Å². The Morgan fingerprint density at radius 2 is 1.94 bits per heavy atom. The van der Waals surface area contributed by atoms with E-state index in [-0.39, 0.29) is 18.0 Å². The van der Waals surface area contributed by atoms with Crippen molar-refractivity contribution < 1.29 is 20.2 Å². The maximum atomic E-state index is 10.5. The Bertz CT molecular complexity index is 424. The van der Waals surface area contributed by atoms with Crippen LogP contribution in [0.2, 0.25) is 0 Å². The van der Waals surface area contributed by atoms with Gasteiger partial charge in [-0.1, -0.05) is 0 Å². The first-order valence-corrected chi connectivity index (χ1v) is 4.48. The first kappa shape index (κ1) is 15.4. The van der Waals surface area contributed by atoms with Crippen molar-refractivity contribution in [3.8, 4) is 11.5 Å². The highest BCUT2D eigenvalue weighted by Crippen LogP contribution is 2.37. The van der Waals surface area contributed by atoms with Gasteiger partial charge in [0, 0.05) is 6.07 Å². The number of rotatable bonds is 3. The van der Waals surface area contributed by atoms with Crippen molar-refractivity contribution in [2.24, 2.45) is 5.73 Å². The number of phenols is 2. The first-order chi connectivity index (χ1) is 7.34. The summed E-state index contributed by atoms with van der Waals surface area (Å²) in [4.78, 5) is 9.71. The Morgan fingerprint density at radius 1 is 1.41 bits per heavy atom. The van der Waals surface area contributed by atoms with Crippen LogP contribution in [-0.2, 0) is 0 Å². The SMILES string of the molecule is C[C@H](O)[C@H](N)c1cc(O)c(O)c([N+](=O)[O-])c1.Cl. The molecule has 1 rings (SSSR count). The highest BCUT2D eigenvalue weighted by molar-refractivity contribution is 5.85. The lowest BCUT2D eigenvalue weighted by Gasteiger charge is -2.15. The molecule has 0 fully saturated rings. The molecule has 1 aromatic carbocycles. The molecule has 0 amide bonds. The lowest BCUT2D eigenvalue weighted by Crippen LogP contribution is -2.23. The first-order valence-electron chi connectivity index (χ1n) is 4.48. The van der Waals surface area contributed by atoms with Gasteiger partial charge in [-0.3, -0.25) is 10.1 Å². The molecular formula is C9H13ClN2O5. The summed E-state index contributed by atoms with van der Waals surface area (Å²) in [6.07, 6.45) is -0.927. The van der Waals surface area contributed by atoms with Crippen LogP contribution in [0.15, 0.2) is 12.1 Å². The van der Waals surface area contributed by atoms with Crippen LogP contribution in [0.4, 0.5) is 5.69 Å². The minimum Gasteiger partial charge on any atom is -0.504 e. The summed E-state index contributed by atoms with van der Waals surface area (Å²) in [5.74, 6) is -1.45. The third-order valence-electron chi connectivity index (χ3n) is 2.19. The molecule has 2 atom stereocenters. The van der Waals surface area contributed by atoms with Gasteiger partial charge in [-0.25, -0.2) is 0 Å². The van der Waals surface area contributed by atoms with E-state index in [1.54, 1.807) is 0 Å². The van der Waals surface area contributed by atoms with Gasteiger partial charge in [0.2, 0.25) is 5.75 Å². The Kier molecular flexibility index (Phi) is 5.14. The largest absolute Gasteiger partial charge is 0.504 e. The third-order valence-corrected chi connectivity index (χ3v) is 2.19. The summed E-state index contributed by atoms with van der Waals surface area (Å²) < 4.78 is 0. The van der Waals surface area contributed by atoms with Gasteiger partial charge >= 0.3 is 5.69 Å². The van der Waals surface area contributed by atoms with Crippen molar-refractivity contribution in [3.05, 3.63) is 27.8 Å². The predicted octanol–water partition coefficient (Wildman–Crippen LogP) is 0.808. The van der Waals surface area contributed by atoms with Crippen LogP contribution in [0.25, 0.3) is 0 Å². The molecule has 0 aliphatic carbocycles. The minimum absolute atomic E-state index is 0. The molecule has 7 nitrogen and oxygen atoms in total. The molecule has 5 N–H and O–H groups in total. The lowest BCUT2D eigenvalue weighted by atomic mass is 10.0. The molecule has 0 aliphatic rings. The number of nitrogens with zero attached hydrogens (tertiary/aromatic N) is 1. The number of phenolic OH excluding ortho intramolecular Hbond substituents is 2. The van der Waals surface area contributed by atoms with Gasteiger partial charge in [-0.15, -0.1) is 12.4 Å². The normalized spacial score (nSPS) is 13.6. The van der Waals surface area contributed by atoms with Crippen molar-refractivity contribution >= 4 is 18.1 Å². The van der Waals surface area contributed by atoms with E-state index in [9.17, 15) is 25.4 Å². The number of hydrogen-bond donors (Lipinski definition) is 4. The molecule has 0 spiro atoms. The third kappa shape index (κ3) is 3.19. The number of hydrogen-bond acceptors (Lipinski definition) is 6. The number of aromatic hydroxyl groups is 2. The molecule has 0 aliphatic heterocycles. The maximum Gasteiger partial charge on any atom is 0.314 e. The van der Waals surface area contributed by atoms with Gasteiger partial charge in [0.25, 0.3) is 0 Å². The molecule has 0 aromatic heterocycles. The summed E-state index contributed by atoms with van der Waals surface area (Å²) >= 11 is 0. The van der Waals surface area contributed by atoms with Gasteiger partial charge in [-0.05, 0) is 18.6 Å². The Balaban J connectivity index is 0.00000256. The van der Waals surface area contributed by atoms with Crippen molar-refractivity contribution in [2.75, 3.05) is 0 Å². The van der Waals surface area contributed by atoms with Crippen LogP contribution in [0, 0.1) is 10.1 Å². The molecule has 1 aromatic rings. The Labute approximate surface area is 103 Å². The predicted molar refractivity (Wildman–Crippen MR) is 62.3 cm³/mol. The summed E-state index contributed by atoms with van der Waals surface area (Å²) in [7, 11) is 0. The zero-order valence-corrected chi connectivity index (χ0v) is 9.72. The zero-order valence-electron chi connectivity index (χ0n) is 8.90. The number of nitrogens with two attached hydrogens (primary N) is 1. The van der Waals surface area contributed by atoms with Crippen LogP contribution < -0.4 is 5.73 Å². The smallest absolute Gasteiger partial charge is 0.314 e. The zero-order chi connectivity index (χ0) is 12.5. The van der Waals surface area contributed by atoms with Crippen molar-refractivity contribution in [1.82, 2.24) is 0 Å². The van der Waals surface area contributed by atoms with Gasteiger partial charge in [0.15, 0.2) is 5.75 Å². The van der Waals surface area contributed by atoms with Gasteiger partial charge in [0.1, 0.15) is 0 Å². The molecule has 0 saturated heterocycles. The number of nitro groups is 1. The highest BCUT2D eigenvalue weighted by atomic mass is 35.5. The average molecular weight is 265 g/mol. The fraction of sp³-hybridized carbons (Fsp3) is 0.333.